The Kier molecular flexibility index (Phi) is 5.78. The first kappa shape index (κ1) is 21.1. The minimum atomic E-state index is -3.42. The highest BCUT2D eigenvalue weighted by Gasteiger charge is 2.41. The number of amides is 1. The van der Waals surface area contributed by atoms with E-state index in [0.717, 1.165) is 50.2 Å². The number of hydrogen-bond donors (Lipinski definition) is 1. The maximum atomic E-state index is 12.7. The SMILES string of the molecule is CS(=O)(=O)Nc1ccn(C(=O)N2CCC3(CCN(Cc4cccc(Cl)c4)C3)CC2)n1. The van der Waals surface area contributed by atoms with Crippen molar-refractivity contribution in [2.45, 2.75) is 25.8 Å². The van der Waals surface area contributed by atoms with E-state index in [1.54, 1.807) is 4.90 Å². The lowest BCUT2D eigenvalue weighted by molar-refractivity contribution is 0.118. The number of piperidine rings is 1. The predicted octanol–water partition coefficient (Wildman–Crippen LogP) is 2.86. The van der Waals surface area contributed by atoms with E-state index < -0.39 is 10.0 Å². The van der Waals surface area contributed by atoms with Crippen molar-refractivity contribution >= 4 is 33.5 Å². The highest BCUT2D eigenvalue weighted by Crippen LogP contribution is 2.41. The molecule has 10 heteroatoms. The molecule has 0 saturated carbocycles. The minimum absolute atomic E-state index is 0.145. The molecular weight excluding hydrogens is 426 g/mol. The lowest BCUT2D eigenvalue weighted by atomic mass is 9.78. The second kappa shape index (κ2) is 8.20. The molecular formula is C20H26ClN5O3S. The molecule has 2 aromatic rings. The number of halogens is 1. The molecule has 0 unspecified atom stereocenters. The van der Waals surface area contributed by atoms with Gasteiger partial charge in [-0.3, -0.25) is 9.62 Å². The van der Waals surface area contributed by atoms with Crippen molar-refractivity contribution in [3.05, 3.63) is 47.1 Å². The van der Waals surface area contributed by atoms with Crippen LogP contribution in [0.5, 0.6) is 0 Å². The van der Waals surface area contributed by atoms with Crippen molar-refractivity contribution in [1.82, 2.24) is 19.6 Å². The highest BCUT2D eigenvalue weighted by molar-refractivity contribution is 7.92. The van der Waals surface area contributed by atoms with Crippen LogP contribution >= 0.6 is 11.6 Å². The van der Waals surface area contributed by atoms with Crippen LogP contribution in [-0.2, 0) is 16.6 Å². The molecule has 0 aliphatic carbocycles. The molecule has 1 aromatic heterocycles. The minimum Gasteiger partial charge on any atom is -0.323 e. The molecule has 2 aliphatic heterocycles. The van der Waals surface area contributed by atoms with Crippen molar-refractivity contribution in [1.29, 1.82) is 0 Å². The Labute approximate surface area is 181 Å². The van der Waals surface area contributed by atoms with E-state index >= 15 is 0 Å². The van der Waals surface area contributed by atoms with Gasteiger partial charge in [0.2, 0.25) is 10.0 Å². The zero-order valence-corrected chi connectivity index (χ0v) is 18.5. The third kappa shape index (κ3) is 4.96. The lowest BCUT2D eigenvalue weighted by Gasteiger charge is -2.39. The van der Waals surface area contributed by atoms with Gasteiger partial charge < -0.3 is 4.90 Å². The fourth-order valence-corrected chi connectivity index (χ4v) is 5.16. The summed E-state index contributed by atoms with van der Waals surface area (Å²) in [7, 11) is -3.42. The van der Waals surface area contributed by atoms with E-state index in [-0.39, 0.29) is 17.3 Å². The first-order valence-electron chi connectivity index (χ1n) is 10.0. The molecule has 30 heavy (non-hydrogen) atoms. The molecule has 2 aliphatic rings. The highest BCUT2D eigenvalue weighted by atomic mass is 35.5. The van der Waals surface area contributed by atoms with Crippen LogP contribution in [-0.4, -0.2) is 66.5 Å². The van der Waals surface area contributed by atoms with Crippen LogP contribution in [0, 0.1) is 5.41 Å². The van der Waals surface area contributed by atoms with Crippen molar-refractivity contribution in [3.8, 4) is 0 Å². The number of nitrogens with one attached hydrogen (secondary N) is 1. The smallest absolute Gasteiger partial charge is 0.323 e. The van der Waals surface area contributed by atoms with Gasteiger partial charge in [-0.2, -0.15) is 4.68 Å². The molecule has 1 aromatic carbocycles. The van der Waals surface area contributed by atoms with E-state index in [4.69, 9.17) is 11.6 Å². The van der Waals surface area contributed by atoms with E-state index in [1.807, 2.05) is 18.2 Å². The normalized spacial score (nSPS) is 19.3. The summed E-state index contributed by atoms with van der Waals surface area (Å²) in [5, 5.41) is 4.81. The van der Waals surface area contributed by atoms with Crippen molar-refractivity contribution < 1.29 is 13.2 Å². The molecule has 8 nitrogen and oxygen atoms in total. The fourth-order valence-electron chi connectivity index (χ4n) is 4.46. The largest absolute Gasteiger partial charge is 0.344 e. The fraction of sp³-hybridized carbons (Fsp3) is 0.500. The summed E-state index contributed by atoms with van der Waals surface area (Å²) in [6.45, 7) is 4.34. The predicted molar refractivity (Wildman–Crippen MR) is 116 cm³/mol. The van der Waals surface area contributed by atoms with Crippen LogP contribution in [0.3, 0.4) is 0 Å². The van der Waals surface area contributed by atoms with Gasteiger partial charge in [0, 0.05) is 43.5 Å². The van der Waals surface area contributed by atoms with Gasteiger partial charge in [0.25, 0.3) is 0 Å². The summed E-state index contributed by atoms with van der Waals surface area (Å²) in [4.78, 5) is 17.0. The second-order valence-corrected chi connectivity index (χ2v) is 10.6. The summed E-state index contributed by atoms with van der Waals surface area (Å²) in [6, 6.07) is 9.26. The third-order valence-corrected chi connectivity index (χ3v) is 6.80. The number of rotatable bonds is 4. The average Bonchev–Trinajstić information content (AvgIpc) is 3.28. The Hall–Kier alpha value is -2.10. The number of benzene rings is 1. The molecule has 0 bridgehead atoms. The Bertz CT molecular complexity index is 1030. The van der Waals surface area contributed by atoms with E-state index in [1.165, 1.54) is 22.5 Å². The number of aromatic nitrogens is 2. The summed E-state index contributed by atoms with van der Waals surface area (Å²) in [6.07, 6.45) is 5.60. The van der Waals surface area contributed by atoms with Crippen LogP contribution in [0.1, 0.15) is 24.8 Å². The van der Waals surface area contributed by atoms with Gasteiger partial charge in [-0.25, -0.2) is 13.2 Å². The van der Waals surface area contributed by atoms with Crippen LogP contribution in [0.15, 0.2) is 36.5 Å². The van der Waals surface area contributed by atoms with Gasteiger partial charge in [-0.05, 0) is 48.9 Å². The van der Waals surface area contributed by atoms with Crippen molar-refractivity contribution in [2.24, 2.45) is 5.41 Å². The summed E-state index contributed by atoms with van der Waals surface area (Å²) >= 11 is 6.10. The van der Waals surface area contributed by atoms with E-state index in [0.29, 0.717) is 13.1 Å². The number of sulfonamides is 1. The number of carbonyl (C=O) groups is 1. The molecule has 2 saturated heterocycles. The standard InChI is InChI=1S/C20H26ClN5O3S/c1-30(28,29)23-18-5-9-26(22-18)19(27)25-11-7-20(8-12-25)6-10-24(15-20)14-16-3-2-4-17(21)13-16/h2-5,9,13H,6-8,10-12,14-15H2,1H3,(H,22,23). The molecule has 162 valence electrons. The molecule has 1 spiro atoms. The van der Waals surface area contributed by atoms with Crippen molar-refractivity contribution in [3.63, 3.8) is 0 Å². The molecule has 0 radical (unpaired) electrons. The Morgan fingerprint density at radius 3 is 2.63 bits per heavy atom. The zero-order chi connectivity index (χ0) is 21.4. The van der Waals surface area contributed by atoms with Crippen LogP contribution < -0.4 is 4.72 Å². The number of hydrogen-bond acceptors (Lipinski definition) is 5. The molecule has 1 N–H and O–H groups in total. The lowest BCUT2D eigenvalue weighted by Crippen LogP contribution is -2.45. The summed E-state index contributed by atoms with van der Waals surface area (Å²) < 4.78 is 26.1. The molecule has 2 fully saturated rings. The number of likely N-dealkylation sites (tertiary alicyclic amines) is 2. The summed E-state index contributed by atoms with van der Waals surface area (Å²) in [5.41, 5.74) is 1.48. The molecule has 3 heterocycles. The first-order valence-corrected chi connectivity index (χ1v) is 12.3. The number of carbonyl (C=O) groups excluding carboxylic acids is 1. The Morgan fingerprint density at radius 1 is 1.20 bits per heavy atom. The van der Waals surface area contributed by atoms with Gasteiger partial charge >= 0.3 is 6.03 Å². The Morgan fingerprint density at radius 2 is 1.93 bits per heavy atom. The average molecular weight is 452 g/mol. The molecule has 0 atom stereocenters. The first-order chi connectivity index (χ1) is 14.2. The Balaban J connectivity index is 1.32. The van der Waals surface area contributed by atoms with Crippen molar-refractivity contribution in [2.75, 3.05) is 37.2 Å². The van der Waals surface area contributed by atoms with E-state index in [2.05, 4.69) is 20.8 Å². The van der Waals surface area contributed by atoms with Gasteiger partial charge in [-0.1, -0.05) is 23.7 Å². The van der Waals surface area contributed by atoms with Crippen LogP contribution in [0.4, 0.5) is 10.6 Å². The van der Waals surface area contributed by atoms with Crippen LogP contribution in [0.2, 0.25) is 5.02 Å². The van der Waals surface area contributed by atoms with Gasteiger partial charge in [0.1, 0.15) is 0 Å². The summed E-state index contributed by atoms with van der Waals surface area (Å²) in [5.74, 6) is 0.145. The monoisotopic (exact) mass is 451 g/mol. The quantitative estimate of drug-likeness (QED) is 0.772. The number of nitrogens with zero attached hydrogens (tertiary/aromatic N) is 4. The van der Waals surface area contributed by atoms with Gasteiger partial charge in [0.05, 0.1) is 6.26 Å². The van der Waals surface area contributed by atoms with Gasteiger partial charge in [-0.15, -0.1) is 5.10 Å². The second-order valence-electron chi connectivity index (χ2n) is 8.38. The van der Waals surface area contributed by atoms with E-state index in [9.17, 15) is 13.2 Å². The topological polar surface area (TPSA) is 87.5 Å². The maximum Gasteiger partial charge on any atom is 0.344 e. The van der Waals surface area contributed by atoms with Gasteiger partial charge in [0.15, 0.2) is 5.82 Å². The molecule has 1 amide bonds. The third-order valence-electron chi connectivity index (χ3n) is 5.98. The maximum absolute atomic E-state index is 12.7. The zero-order valence-electron chi connectivity index (χ0n) is 16.9. The number of anilines is 1. The van der Waals surface area contributed by atoms with Crippen LogP contribution in [0.25, 0.3) is 0 Å². The molecule has 4 rings (SSSR count).